The molecule has 11 rings (SSSR count). The van der Waals surface area contributed by atoms with Gasteiger partial charge in [-0.25, -0.2) is 0 Å². The molecule has 9 aromatic carbocycles. The Balaban J connectivity index is 1.25. The second-order valence-electron chi connectivity index (χ2n) is 20.5. The molecule has 2 heterocycles. The highest BCUT2D eigenvalue weighted by Crippen LogP contribution is 2.47. The summed E-state index contributed by atoms with van der Waals surface area (Å²) in [5.41, 5.74) is 11.1. The minimum absolute atomic E-state index is 0.0472. The molecule has 0 saturated carbocycles. The number of hydrogen-bond donors (Lipinski definition) is 0. The predicted octanol–water partition coefficient (Wildman–Crippen LogP) is 17.9. The molecule has 0 N–H and O–H groups in total. The number of fused-ring (bicyclic) bond motifs is 14. The van der Waals surface area contributed by atoms with E-state index in [0.717, 1.165) is 20.3 Å². The maximum absolute atomic E-state index is 4.33. The van der Waals surface area contributed by atoms with Gasteiger partial charge in [-0.2, -0.15) is 0 Å². The van der Waals surface area contributed by atoms with E-state index in [4.69, 9.17) is 0 Å². The van der Waals surface area contributed by atoms with Crippen molar-refractivity contribution in [3.8, 4) is 11.4 Å². The zero-order chi connectivity index (χ0) is 43.2. The molecule has 2 aromatic heterocycles. The first-order valence-electron chi connectivity index (χ1n) is 21.8. The van der Waals surface area contributed by atoms with Gasteiger partial charge in [-0.15, -0.1) is 0 Å². The molecule has 306 valence electrons. The van der Waals surface area contributed by atoms with Crippen molar-refractivity contribution in [3.63, 3.8) is 0 Å². The maximum Gasteiger partial charge on any atom is 0.0657 e. The Bertz CT molecular complexity index is 3600. The molecule has 0 unspecified atom stereocenters. The van der Waals surface area contributed by atoms with Crippen LogP contribution >= 0.6 is 31.9 Å². The van der Waals surface area contributed by atoms with E-state index in [1.807, 2.05) is 0 Å². The molecule has 0 aliphatic rings. The Hall–Kier alpha value is -5.42. The molecule has 0 radical (unpaired) electrons. The molecule has 0 amide bonds. The van der Waals surface area contributed by atoms with Crippen molar-refractivity contribution in [2.24, 2.45) is 0 Å². The van der Waals surface area contributed by atoms with E-state index in [1.165, 1.54) is 103 Å². The van der Waals surface area contributed by atoms with Crippen LogP contribution < -0.4 is 0 Å². The van der Waals surface area contributed by atoms with Crippen LogP contribution in [0.3, 0.4) is 0 Å². The summed E-state index contributed by atoms with van der Waals surface area (Å²) in [5.74, 6) is 0. The van der Waals surface area contributed by atoms with Crippen molar-refractivity contribution in [3.05, 3.63) is 165 Å². The van der Waals surface area contributed by atoms with Crippen LogP contribution in [0.1, 0.15) is 79.0 Å². The number of aromatic nitrogens is 2. The summed E-state index contributed by atoms with van der Waals surface area (Å²) in [5, 5.41) is 15.2. The minimum Gasteiger partial charge on any atom is -0.308 e. The molecule has 0 aliphatic heterocycles. The molecule has 2 nitrogen and oxygen atoms in total. The van der Waals surface area contributed by atoms with E-state index in [0.29, 0.717) is 0 Å². The van der Waals surface area contributed by atoms with E-state index in [1.54, 1.807) is 0 Å². The van der Waals surface area contributed by atoms with E-state index in [-0.39, 0.29) is 16.2 Å². The first kappa shape index (κ1) is 39.4. The average molecular weight is 935 g/mol. The van der Waals surface area contributed by atoms with E-state index in [2.05, 4.69) is 243 Å². The van der Waals surface area contributed by atoms with Crippen molar-refractivity contribution in [2.75, 3.05) is 0 Å². The van der Waals surface area contributed by atoms with Gasteiger partial charge >= 0.3 is 0 Å². The van der Waals surface area contributed by atoms with Gasteiger partial charge in [0.05, 0.1) is 37.9 Å². The highest BCUT2D eigenvalue weighted by Gasteiger charge is 2.25. The Morgan fingerprint density at radius 3 is 1.02 bits per heavy atom. The summed E-state index contributed by atoms with van der Waals surface area (Å²) >= 11 is 8.40. The average Bonchev–Trinajstić information content (AvgIpc) is 3.76. The fourth-order valence-electron chi connectivity index (χ4n) is 10.1. The second-order valence-corrected chi connectivity index (χ2v) is 22.3. The van der Waals surface area contributed by atoms with Crippen LogP contribution in [0.5, 0.6) is 0 Å². The summed E-state index contributed by atoms with van der Waals surface area (Å²) in [6.07, 6.45) is 0. The molecule has 0 bridgehead atoms. The standard InChI is InChI=1S/C58H50Br2N2/c1-56(2,3)37-18-21-42-34(28-37)15-25-46-52(42)51-41-13-11-10-12-33(41)14-24-45(51)61(46)49-31-40(59)32-50(55(49)60)62-47-26-16-35-29-38(57(4,5)6)19-22-43(35)53(47)54-44-23-20-39(58(7,8)9)30-36(44)17-27-48(54)62/h10-32H,1-9H3. The maximum atomic E-state index is 4.33. The minimum atomic E-state index is 0.0472. The molecule has 4 heteroatoms. The zero-order valence-corrected chi connectivity index (χ0v) is 40.1. The quantitative estimate of drug-likeness (QED) is 0.163. The van der Waals surface area contributed by atoms with Gasteiger partial charge in [0.25, 0.3) is 0 Å². The predicted molar refractivity (Wildman–Crippen MR) is 277 cm³/mol. The summed E-state index contributed by atoms with van der Waals surface area (Å²) in [6.45, 7) is 20.7. The Labute approximate surface area is 380 Å². The van der Waals surface area contributed by atoms with Crippen LogP contribution in [0, 0.1) is 0 Å². The number of benzene rings is 9. The zero-order valence-electron chi connectivity index (χ0n) is 36.9. The first-order chi connectivity index (χ1) is 29.5. The van der Waals surface area contributed by atoms with Crippen LogP contribution in [0.25, 0.3) is 98.1 Å². The SMILES string of the molecule is CC(C)(C)c1ccc2c(ccc3c2c2c4ccccc4ccc2n3-c2cc(Br)cc(-n3c4ccc5cc(C(C)(C)C)ccc5c4c4c5ccc(C(C)(C)C)cc5ccc43)c2Br)c1. The van der Waals surface area contributed by atoms with Gasteiger partial charge in [0, 0.05) is 26.0 Å². The van der Waals surface area contributed by atoms with Gasteiger partial charge in [-0.3, -0.25) is 0 Å². The molecule has 0 spiro atoms. The van der Waals surface area contributed by atoms with Crippen molar-refractivity contribution >= 4 is 119 Å². The molecule has 0 aliphatic carbocycles. The van der Waals surface area contributed by atoms with Crippen LogP contribution in [0.2, 0.25) is 0 Å². The van der Waals surface area contributed by atoms with E-state index < -0.39 is 0 Å². The van der Waals surface area contributed by atoms with E-state index >= 15 is 0 Å². The molecule has 62 heavy (non-hydrogen) atoms. The number of halogens is 2. The number of nitrogens with zero attached hydrogens (tertiary/aromatic N) is 2. The summed E-state index contributed by atoms with van der Waals surface area (Å²) < 4.78 is 7.01. The highest BCUT2D eigenvalue weighted by atomic mass is 79.9. The topological polar surface area (TPSA) is 9.86 Å². The first-order valence-corrected chi connectivity index (χ1v) is 23.4. The normalized spacial score (nSPS) is 13.1. The third kappa shape index (κ3) is 5.93. The molecule has 0 saturated heterocycles. The third-order valence-corrected chi connectivity index (χ3v) is 14.7. The molecular formula is C58H50Br2N2. The Kier molecular flexibility index (Phi) is 8.61. The van der Waals surface area contributed by atoms with Crippen LogP contribution in [-0.4, -0.2) is 9.13 Å². The van der Waals surface area contributed by atoms with Gasteiger partial charge in [0.2, 0.25) is 0 Å². The van der Waals surface area contributed by atoms with Crippen molar-refractivity contribution < 1.29 is 0 Å². The molecular weight excluding hydrogens is 884 g/mol. The summed E-state index contributed by atoms with van der Waals surface area (Å²) in [7, 11) is 0. The monoisotopic (exact) mass is 932 g/mol. The Morgan fingerprint density at radius 2 is 0.661 bits per heavy atom. The number of hydrogen-bond acceptors (Lipinski definition) is 0. The van der Waals surface area contributed by atoms with Crippen LogP contribution in [-0.2, 0) is 16.2 Å². The smallest absolute Gasteiger partial charge is 0.0657 e. The van der Waals surface area contributed by atoms with Crippen LogP contribution in [0.4, 0.5) is 0 Å². The van der Waals surface area contributed by atoms with Crippen LogP contribution in [0.15, 0.2) is 148 Å². The van der Waals surface area contributed by atoms with Gasteiger partial charge in [0.15, 0.2) is 0 Å². The lowest BCUT2D eigenvalue weighted by Crippen LogP contribution is -2.10. The fraction of sp³-hybridized carbons (Fsp3) is 0.207. The lowest BCUT2D eigenvalue weighted by molar-refractivity contribution is 0.591. The summed E-state index contributed by atoms with van der Waals surface area (Å²) in [4.78, 5) is 0. The van der Waals surface area contributed by atoms with E-state index in [9.17, 15) is 0 Å². The van der Waals surface area contributed by atoms with Gasteiger partial charge in [-0.1, -0.05) is 181 Å². The van der Waals surface area contributed by atoms with Crippen molar-refractivity contribution in [1.82, 2.24) is 9.13 Å². The molecule has 0 fully saturated rings. The lowest BCUT2D eigenvalue weighted by atomic mass is 9.85. The summed E-state index contributed by atoms with van der Waals surface area (Å²) in [6, 6.07) is 53.2. The largest absolute Gasteiger partial charge is 0.308 e. The van der Waals surface area contributed by atoms with Gasteiger partial charge in [-0.05, 0) is 128 Å². The van der Waals surface area contributed by atoms with Crippen molar-refractivity contribution in [1.29, 1.82) is 0 Å². The second kappa shape index (κ2) is 13.5. The van der Waals surface area contributed by atoms with Crippen molar-refractivity contribution in [2.45, 2.75) is 78.6 Å². The Morgan fingerprint density at radius 1 is 0.339 bits per heavy atom. The molecule has 11 aromatic rings. The van der Waals surface area contributed by atoms with Gasteiger partial charge in [0.1, 0.15) is 0 Å². The van der Waals surface area contributed by atoms with Gasteiger partial charge < -0.3 is 9.13 Å². The third-order valence-electron chi connectivity index (χ3n) is 13.4. The molecule has 0 atom stereocenters. The lowest BCUT2D eigenvalue weighted by Gasteiger charge is -2.20. The highest BCUT2D eigenvalue weighted by molar-refractivity contribution is 9.11. The fourth-order valence-corrected chi connectivity index (χ4v) is 11.1. The number of rotatable bonds is 2.